The highest BCUT2D eigenvalue weighted by atomic mass is 32.2. The number of carbonyl (C=O) groups is 1. The van der Waals surface area contributed by atoms with Gasteiger partial charge in [0.25, 0.3) is 0 Å². The van der Waals surface area contributed by atoms with E-state index in [0.717, 1.165) is 6.26 Å². The average molecular weight is 288 g/mol. The van der Waals surface area contributed by atoms with Crippen LogP contribution in [-0.4, -0.2) is 39.4 Å². The number of carbonyl (C=O) groups excluding carboxylic acids is 1. The maximum absolute atomic E-state index is 11.4. The molecular weight excluding hydrogens is 272 g/mol. The summed E-state index contributed by atoms with van der Waals surface area (Å²) >= 11 is 0. The lowest BCUT2D eigenvalue weighted by Gasteiger charge is -2.15. The van der Waals surface area contributed by atoms with Crippen LogP contribution in [0.2, 0.25) is 0 Å². The van der Waals surface area contributed by atoms with Crippen LogP contribution >= 0.6 is 0 Å². The molecule has 4 N–H and O–H groups in total. The fraction of sp³-hybridized carbons (Fsp3) is 0.364. The molecule has 0 aliphatic heterocycles. The molecule has 0 saturated carbocycles. The summed E-state index contributed by atoms with van der Waals surface area (Å²) in [5.74, 6) is -0.587. The largest absolute Gasteiger partial charge is 0.465 e. The smallest absolute Gasteiger partial charge is 0.337 e. The summed E-state index contributed by atoms with van der Waals surface area (Å²) in [4.78, 5) is 11.4. The molecule has 0 saturated heterocycles. The summed E-state index contributed by atoms with van der Waals surface area (Å²) in [5.41, 5.74) is 5.94. The van der Waals surface area contributed by atoms with E-state index >= 15 is 0 Å². The lowest BCUT2D eigenvalue weighted by Crippen LogP contribution is -2.17. The standard InChI is InChI=1S/C11H16N2O5S/c1-18-11(15)7-3-4-9(13-19(2,16)17)8(5-7)10(14)6-12/h3-5,10,13-14H,6,12H2,1-2H3. The van der Waals surface area contributed by atoms with Crippen LogP contribution in [0.1, 0.15) is 22.0 Å². The summed E-state index contributed by atoms with van der Waals surface area (Å²) in [6, 6.07) is 4.12. The zero-order valence-electron chi connectivity index (χ0n) is 10.6. The highest BCUT2D eigenvalue weighted by Crippen LogP contribution is 2.25. The lowest BCUT2D eigenvalue weighted by atomic mass is 10.0. The summed E-state index contributed by atoms with van der Waals surface area (Å²) in [6.07, 6.45) is -0.103. The number of nitrogens with two attached hydrogens (primary N) is 1. The van der Waals surface area contributed by atoms with Crippen LogP contribution in [-0.2, 0) is 14.8 Å². The van der Waals surface area contributed by atoms with Crippen LogP contribution < -0.4 is 10.5 Å². The van der Waals surface area contributed by atoms with E-state index in [-0.39, 0.29) is 23.4 Å². The van der Waals surface area contributed by atoms with Gasteiger partial charge < -0.3 is 15.6 Å². The third kappa shape index (κ3) is 4.19. The number of aliphatic hydroxyl groups excluding tert-OH is 1. The maximum atomic E-state index is 11.4. The number of esters is 1. The molecule has 1 atom stereocenters. The first-order valence-corrected chi connectivity index (χ1v) is 7.26. The van der Waals surface area contributed by atoms with Gasteiger partial charge in [-0.1, -0.05) is 0 Å². The minimum absolute atomic E-state index is 0.108. The van der Waals surface area contributed by atoms with Crippen LogP contribution in [0.4, 0.5) is 5.69 Å². The molecule has 0 amide bonds. The summed E-state index contributed by atoms with van der Waals surface area (Å²) in [5, 5.41) is 9.77. The SMILES string of the molecule is COC(=O)c1ccc(NS(C)(=O)=O)c(C(O)CN)c1. The molecular formula is C11H16N2O5S. The third-order valence-electron chi connectivity index (χ3n) is 2.35. The zero-order chi connectivity index (χ0) is 14.6. The number of methoxy groups -OCH3 is 1. The molecule has 0 heterocycles. The second kappa shape index (κ2) is 6.00. The molecule has 19 heavy (non-hydrogen) atoms. The number of hydrogen-bond acceptors (Lipinski definition) is 6. The van der Waals surface area contributed by atoms with Crippen molar-refractivity contribution in [1.29, 1.82) is 0 Å². The van der Waals surface area contributed by atoms with Crippen LogP contribution in [0.15, 0.2) is 18.2 Å². The number of hydrogen-bond donors (Lipinski definition) is 3. The number of nitrogens with one attached hydrogen (secondary N) is 1. The van der Waals surface area contributed by atoms with Gasteiger partial charge in [0, 0.05) is 12.1 Å². The molecule has 8 heteroatoms. The minimum atomic E-state index is -3.50. The molecule has 0 aliphatic rings. The molecule has 1 rings (SSSR count). The Morgan fingerprint density at radius 1 is 1.53 bits per heavy atom. The van der Waals surface area contributed by atoms with Gasteiger partial charge in [-0.05, 0) is 18.2 Å². The van der Waals surface area contributed by atoms with E-state index in [2.05, 4.69) is 9.46 Å². The van der Waals surface area contributed by atoms with Crippen LogP contribution in [0, 0.1) is 0 Å². The first-order chi connectivity index (χ1) is 8.78. The maximum Gasteiger partial charge on any atom is 0.337 e. The summed E-state index contributed by atoms with van der Waals surface area (Å²) < 4.78 is 29.3. The van der Waals surface area contributed by atoms with Crippen molar-refractivity contribution >= 4 is 21.7 Å². The van der Waals surface area contributed by atoms with Crippen molar-refractivity contribution < 1.29 is 23.1 Å². The van der Waals surface area contributed by atoms with Crippen molar-refractivity contribution in [2.75, 3.05) is 24.6 Å². The van der Waals surface area contributed by atoms with Gasteiger partial charge in [-0.15, -0.1) is 0 Å². The van der Waals surface area contributed by atoms with Gasteiger partial charge in [0.05, 0.1) is 30.7 Å². The molecule has 0 aliphatic carbocycles. The van der Waals surface area contributed by atoms with Gasteiger partial charge in [0.1, 0.15) is 0 Å². The first kappa shape index (κ1) is 15.4. The molecule has 106 valence electrons. The van der Waals surface area contributed by atoms with Crippen molar-refractivity contribution in [3.63, 3.8) is 0 Å². The normalized spacial score (nSPS) is 12.8. The lowest BCUT2D eigenvalue weighted by molar-refractivity contribution is 0.0600. The molecule has 0 radical (unpaired) electrons. The highest BCUT2D eigenvalue weighted by molar-refractivity contribution is 7.92. The Labute approximate surface area is 111 Å². The molecule has 0 fully saturated rings. The number of rotatable bonds is 5. The Morgan fingerprint density at radius 3 is 2.63 bits per heavy atom. The second-order valence-electron chi connectivity index (χ2n) is 3.92. The topological polar surface area (TPSA) is 119 Å². The van der Waals surface area contributed by atoms with Crippen molar-refractivity contribution in [2.24, 2.45) is 5.73 Å². The summed E-state index contributed by atoms with van der Waals surface area (Å²) in [7, 11) is -2.27. The molecule has 0 aromatic heterocycles. The van der Waals surface area contributed by atoms with E-state index in [1.165, 1.54) is 25.3 Å². The van der Waals surface area contributed by atoms with Crippen molar-refractivity contribution in [3.05, 3.63) is 29.3 Å². The van der Waals surface area contributed by atoms with Gasteiger partial charge in [-0.3, -0.25) is 4.72 Å². The predicted octanol–water partition coefficient (Wildman–Crippen LogP) is -0.163. The van der Waals surface area contributed by atoms with E-state index in [1.807, 2.05) is 0 Å². The third-order valence-corrected chi connectivity index (χ3v) is 2.94. The van der Waals surface area contributed by atoms with E-state index in [9.17, 15) is 18.3 Å². The summed E-state index contributed by atoms with van der Waals surface area (Å²) in [6.45, 7) is -0.108. The van der Waals surface area contributed by atoms with E-state index in [4.69, 9.17) is 5.73 Å². The molecule has 7 nitrogen and oxygen atoms in total. The van der Waals surface area contributed by atoms with Gasteiger partial charge >= 0.3 is 5.97 Å². The number of ether oxygens (including phenoxy) is 1. The Bertz CT molecular complexity index is 570. The Hall–Kier alpha value is -1.64. The van der Waals surface area contributed by atoms with Crippen LogP contribution in [0.25, 0.3) is 0 Å². The number of anilines is 1. The highest BCUT2D eigenvalue weighted by Gasteiger charge is 2.17. The zero-order valence-corrected chi connectivity index (χ0v) is 11.4. The Morgan fingerprint density at radius 2 is 2.16 bits per heavy atom. The minimum Gasteiger partial charge on any atom is -0.465 e. The number of sulfonamides is 1. The van der Waals surface area contributed by atoms with E-state index in [0.29, 0.717) is 0 Å². The van der Waals surface area contributed by atoms with Crippen molar-refractivity contribution in [1.82, 2.24) is 0 Å². The molecule has 0 bridgehead atoms. The average Bonchev–Trinajstić information content (AvgIpc) is 2.35. The van der Waals surface area contributed by atoms with Gasteiger partial charge in [0.2, 0.25) is 10.0 Å². The Balaban J connectivity index is 3.28. The molecule has 1 unspecified atom stereocenters. The van der Waals surface area contributed by atoms with E-state index in [1.54, 1.807) is 0 Å². The van der Waals surface area contributed by atoms with E-state index < -0.39 is 22.1 Å². The Kier molecular flexibility index (Phi) is 4.87. The predicted molar refractivity (Wildman–Crippen MR) is 70.3 cm³/mol. The number of benzene rings is 1. The van der Waals surface area contributed by atoms with Gasteiger partial charge in [0.15, 0.2) is 0 Å². The molecule has 1 aromatic rings. The fourth-order valence-electron chi connectivity index (χ4n) is 1.50. The van der Waals surface area contributed by atoms with Gasteiger partial charge in [-0.2, -0.15) is 0 Å². The van der Waals surface area contributed by atoms with Gasteiger partial charge in [-0.25, -0.2) is 13.2 Å². The molecule has 1 aromatic carbocycles. The fourth-order valence-corrected chi connectivity index (χ4v) is 2.09. The van der Waals surface area contributed by atoms with Crippen molar-refractivity contribution in [3.8, 4) is 0 Å². The quantitative estimate of drug-likeness (QED) is 0.648. The number of aliphatic hydroxyl groups is 1. The second-order valence-corrected chi connectivity index (χ2v) is 5.67. The monoisotopic (exact) mass is 288 g/mol. The van der Waals surface area contributed by atoms with Crippen LogP contribution in [0.5, 0.6) is 0 Å². The molecule has 0 spiro atoms. The first-order valence-electron chi connectivity index (χ1n) is 5.36. The van der Waals surface area contributed by atoms with Crippen molar-refractivity contribution in [2.45, 2.75) is 6.10 Å². The van der Waals surface area contributed by atoms with Crippen LogP contribution in [0.3, 0.4) is 0 Å².